The summed E-state index contributed by atoms with van der Waals surface area (Å²) in [5.41, 5.74) is 5.46. The van der Waals surface area contributed by atoms with Crippen LogP contribution in [0.1, 0.15) is 13.3 Å². The van der Waals surface area contributed by atoms with Crippen molar-refractivity contribution in [1.29, 1.82) is 0 Å². The molecule has 14 heavy (non-hydrogen) atoms. The van der Waals surface area contributed by atoms with Gasteiger partial charge in [0.05, 0.1) is 26.4 Å². The van der Waals surface area contributed by atoms with Crippen molar-refractivity contribution in [2.75, 3.05) is 33.5 Å². The minimum Gasteiger partial charge on any atom is -0.391 e. The Morgan fingerprint density at radius 3 is 2.43 bits per heavy atom. The molecule has 0 amide bonds. The van der Waals surface area contributed by atoms with Gasteiger partial charge in [0.1, 0.15) is 11.1 Å². The molecule has 0 aliphatic rings. The van der Waals surface area contributed by atoms with Crippen molar-refractivity contribution >= 4 is 17.2 Å². The van der Waals surface area contributed by atoms with E-state index in [9.17, 15) is 0 Å². The number of methoxy groups -OCH3 is 1. The summed E-state index contributed by atoms with van der Waals surface area (Å²) in [6.45, 7) is 4.23. The summed E-state index contributed by atoms with van der Waals surface area (Å²) in [6, 6.07) is 0. The molecule has 0 aromatic heterocycles. The van der Waals surface area contributed by atoms with E-state index in [-0.39, 0.29) is 6.10 Å². The fourth-order valence-electron chi connectivity index (χ4n) is 0.895. The Labute approximate surface area is 90.7 Å². The molecule has 4 nitrogen and oxygen atoms in total. The Hall–Kier alpha value is -0.230. The highest BCUT2D eigenvalue weighted by atomic mass is 32.1. The zero-order valence-electron chi connectivity index (χ0n) is 8.82. The SMILES string of the molecule is CCC(OCCOCCOC)C(N)=S. The first-order valence-electron chi connectivity index (χ1n) is 4.70. The summed E-state index contributed by atoms with van der Waals surface area (Å²) in [4.78, 5) is 0.407. The second kappa shape index (κ2) is 9.33. The van der Waals surface area contributed by atoms with Gasteiger partial charge in [-0.25, -0.2) is 0 Å². The average molecular weight is 221 g/mol. The van der Waals surface area contributed by atoms with Crippen LogP contribution in [0, 0.1) is 0 Å². The minimum atomic E-state index is -0.129. The maximum absolute atomic E-state index is 5.46. The molecule has 0 fully saturated rings. The van der Waals surface area contributed by atoms with Crippen LogP contribution in [-0.2, 0) is 14.2 Å². The number of ether oxygens (including phenoxy) is 3. The predicted octanol–water partition coefficient (Wildman–Crippen LogP) is 0.731. The molecule has 0 saturated heterocycles. The number of thiocarbonyl (C=S) groups is 1. The highest BCUT2D eigenvalue weighted by molar-refractivity contribution is 7.80. The lowest BCUT2D eigenvalue weighted by molar-refractivity contribution is 0.0123. The average Bonchev–Trinajstić information content (AvgIpc) is 2.16. The quantitative estimate of drug-likeness (QED) is 0.459. The maximum Gasteiger partial charge on any atom is 0.107 e. The molecule has 0 spiro atoms. The summed E-state index contributed by atoms with van der Waals surface area (Å²) >= 11 is 4.83. The Balaban J connectivity index is 3.29. The third-order valence-electron chi connectivity index (χ3n) is 1.67. The summed E-state index contributed by atoms with van der Waals surface area (Å²) in [5, 5.41) is 0. The lowest BCUT2D eigenvalue weighted by Gasteiger charge is -2.14. The fourth-order valence-corrected chi connectivity index (χ4v) is 1.13. The summed E-state index contributed by atoms with van der Waals surface area (Å²) in [5.74, 6) is 0. The zero-order valence-corrected chi connectivity index (χ0v) is 9.64. The molecule has 0 bridgehead atoms. The molecule has 0 rings (SSSR count). The van der Waals surface area contributed by atoms with Gasteiger partial charge in [-0.1, -0.05) is 19.1 Å². The van der Waals surface area contributed by atoms with Crippen molar-refractivity contribution in [2.24, 2.45) is 5.73 Å². The smallest absolute Gasteiger partial charge is 0.107 e. The van der Waals surface area contributed by atoms with Crippen molar-refractivity contribution < 1.29 is 14.2 Å². The van der Waals surface area contributed by atoms with Crippen LogP contribution in [0.4, 0.5) is 0 Å². The summed E-state index contributed by atoms with van der Waals surface area (Å²) in [6.07, 6.45) is 0.670. The van der Waals surface area contributed by atoms with Crippen molar-refractivity contribution in [1.82, 2.24) is 0 Å². The van der Waals surface area contributed by atoms with Gasteiger partial charge in [-0.3, -0.25) is 0 Å². The molecular weight excluding hydrogens is 202 g/mol. The van der Waals surface area contributed by atoms with Crippen LogP contribution >= 0.6 is 12.2 Å². The van der Waals surface area contributed by atoms with Gasteiger partial charge < -0.3 is 19.9 Å². The molecule has 1 unspecified atom stereocenters. The fraction of sp³-hybridized carbons (Fsp3) is 0.889. The molecule has 5 heteroatoms. The van der Waals surface area contributed by atoms with E-state index >= 15 is 0 Å². The second-order valence-electron chi connectivity index (χ2n) is 2.78. The van der Waals surface area contributed by atoms with Crippen molar-refractivity contribution in [3.8, 4) is 0 Å². The van der Waals surface area contributed by atoms with Gasteiger partial charge in [0.2, 0.25) is 0 Å². The van der Waals surface area contributed by atoms with Crippen LogP contribution in [0.15, 0.2) is 0 Å². The minimum absolute atomic E-state index is 0.129. The standard InChI is InChI=1S/C9H19NO3S/c1-3-8(9(10)14)13-7-6-12-5-4-11-2/h8H,3-7H2,1-2H3,(H2,10,14). The molecule has 0 saturated carbocycles. The number of rotatable bonds is 9. The van der Waals surface area contributed by atoms with E-state index in [0.717, 1.165) is 6.42 Å². The molecule has 0 aromatic rings. The van der Waals surface area contributed by atoms with Gasteiger partial charge >= 0.3 is 0 Å². The Morgan fingerprint density at radius 2 is 1.93 bits per heavy atom. The van der Waals surface area contributed by atoms with Gasteiger partial charge in [0.25, 0.3) is 0 Å². The molecule has 0 aliphatic carbocycles. The molecule has 2 N–H and O–H groups in total. The van der Waals surface area contributed by atoms with Crippen LogP contribution in [0.3, 0.4) is 0 Å². The Kier molecular flexibility index (Phi) is 9.18. The summed E-state index contributed by atoms with van der Waals surface area (Å²) < 4.78 is 15.4. The molecule has 84 valence electrons. The highest BCUT2D eigenvalue weighted by Gasteiger charge is 2.08. The van der Waals surface area contributed by atoms with E-state index in [4.69, 9.17) is 32.2 Å². The van der Waals surface area contributed by atoms with Gasteiger partial charge in [0.15, 0.2) is 0 Å². The second-order valence-corrected chi connectivity index (χ2v) is 3.25. The summed E-state index contributed by atoms with van der Waals surface area (Å²) in [7, 11) is 1.64. The van der Waals surface area contributed by atoms with Crippen LogP contribution < -0.4 is 5.73 Å². The predicted molar refractivity (Wildman–Crippen MR) is 59.5 cm³/mol. The van der Waals surface area contributed by atoms with Crippen LogP contribution in [0.2, 0.25) is 0 Å². The van der Waals surface area contributed by atoms with Crippen LogP contribution in [0.5, 0.6) is 0 Å². The van der Waals surface area contributed by atoms with Crippen LogP contribution in [-0.4, -0.2) is 44.6 Å². The van der Waals surface area contributed by atoms with Gasteiger partial charge in [-0.2, -0.15) is 0 Å². The topological polar surface area (TPSA) is 53.7 Å². The molecular formula is C9H19NO3S. The van der Waals surface area contributed by atoms with E-state index < -0.39 is 0 Å². The van der Waals surface area contributed by atoms with E-state index in [2.05, 4.69) is 0 Å². The molecule has 0 aliphatic heterocycles. The Morgan fingerprint density at radius 1 is 1.29 bits per heavy atom. The number of hydrogen-bond donors (Lipinski definition) is 1. The third-order valence-corrected chi connectivity index (χ3v) is 1.93. The first-order valence-corrected chi connectivity index (χ1v) is 5.10. The lowest BCUT2D eigenvalue weighted by atomic mass is 10.3. The molecule has 0 radical (unpaired) electrons. The van der Waals surface area contributed by atoms with E-state index in [0.29, 0.717) is 31.4 Å². The number of nitrogens with two attached hydrogens (primary N) is 1. The van der Waals surface area contributed by atoms with E-state index in [1.54, 1.807) is 7.11 Å². The van der Waals surface area contributed by atoms with Crippen molar-refractivity contribution in [2.45, 2.75) is 19.4 Å². The molecule has 1 atom stereocenters. The molecule has 0 aromatic carbocycles. The largest absolute Gasteiger partial charge is 0.391 e. The van der Waals surface area contributed by atoms with Crippen molar-refractivity contribution in [3.05, 3.63) is 0 Å². The van der Waals surface area contributed by atoms with E-state index in [1.807, 2.05) is 6.92 Å². The van der Waals surface area contributed by atoms with Gasteiger partial charge in [0, 0.05) is 7.11 Å². The zero-order chi connectivity index (χ0) is 10.8. The Bertz CT molecular complexity index is 155. The lowest BCUT2D eigenvalue weighted by Crippen LogP contribution is -2.30. The van der Waals surface area contributed by atoms with Crippen LogP contribution in [0.25, 0.3) is 0 Å². The van der Waals surface area contributed by atoms with E-state index in [1.165, 1.54) is 0 Å². The monoisotopic (exact) mass is 221 g/mol. The molecule has 0 heterocycles. The van der Waals surface area contributed by atoms with Gasteiger partial charge in [-0.15, -0.1) is 0 Å². The van der Waals surface area contributed by atoms with Gasteiger partial charge in [-0.05, 0) is 6.42 Å². The third kappa shape index (κ3) is 7.20. The van der Waals surface area contributed by atoms with Crippen molar-refractivity contribution in [3.63, 3.8) is 0 Å². The highest BCUT2D eigenvalue weighted by Crippen LogP contribution is 1.97. The first kappa shape index (κ1) is 13.8. The number of hydrogen-bond acceptors (Lipinski definition) is 4. The normalized spacial score (nSPS) is 12.7. The first-order chi connectivity index (χ1) is 6.72. The maximum atomic E-state index is 5.46.